The molecule has 0 N–H and O–H groups in total. The molecule has 20 heavy (non-hydrogen) atoms. The first-order chi connectivity index (χ1) is 8.88. The van der Waals surface area contributed by atoms with Crippen LogP contribution in [0.2, 0.25) is 18.1 Å². The zero-order valence-electron chi connectivity index (χ0n) is 12.7. The van der Waals surface area contributed by atoms with Crippen LogP contribution < -0.4 is 9.16 Å². The van der Waals surface area contributed by atoms with Crippen LogP contribution >= 0.6 is 0 Å². The highest BCUT2D eigenvalue weighted by Crippen LogP contribution is 2.40. The maximum Gasteiger partial charge on any atom is 0.332 e. The van der Waals surface area contributed by atoms with E-state index in [2.05, 4.69) is 33.9 Å². The lowest BCUT2D eigenvalue weighted by Gasteiger charge is -2.36. The number of halogens is 1. The van der Waals surface area contributed by atoms with Crippen LogP contribution in [-0.4, -0.2) is 23.8 Å². The zero-order valence-corrected chi connectivity index (χ0v) is 14.5. The van der Waals surface area contributed by atoms with Crippen molar-refractivity contribution in [1.29, 1.82) is 0 Å². The van der Waals surface area contributed by atoms with Crippen molar-refractivity contribution in [2.75, 3.05) is 7.11 Å². The number of ether oxygens (including phenoxy) is 1. The standard InChI is InChI=1S/C13H21FO4SSi/c1-13(2,3)20(5,6)18-11-8-7-10(19(14,15)16)9-12(11)17-4/h7-9H,1-6H3. The van der Waals surface area contributed by atoms with E-state index in [9.17, 15) is 12.3 Å². The fourth-order valence-corrected chi connectivity index (χ4v) is 2.81. The SMILES string of the molecule is COc1cc(S(=O)(=O)F)ccc1O[Si](C)(C)C(C)(C)C. The number of rotatable bonds is 4. The summed E-state index contributed by atoms with van der Waals surface area (Å²) in [5, 5.41) is -0.0111. The number of methoxy groups -OCH3 is 1. The molecule has 0 aromatic heterocycles. The molecule has 0 aliphatic heterocycles. The Hall–Kier alpha value is -1.08. The molecule has 0 saturated carbocycles. The first-order valence-electron chi connectivity index (χ1n) is 6.20. The fourth-order valence-electron chi connectivity index (χ4n) is 1.31. The topological polar surface area (TPSA) is 52.6 Å². The summed E-state index contributed by atoms with van der Waals surface area (Å²) in [6, 6.07) is 3.75. The summed E-state index contributed by atoms with van der Waals surface area (Å²) in [5.41, 5.74) is 0. The monoisotopic (exact) mass is 320 g/mol. The van der Waals surface area contributed by atoms with Crippen molar-refractivity contribution >= 4 is 18.5 Å². The molecule has 0 heterocycles. The Morgan fingerprint density at radius 2 is 1.70 bits per heavy atom. The predicted molar refractivity (Wildman–Crippen MR) is 79.1 cm³/mol. The van der Waals surface area contributed by atoms with Gasteiger partial charge in [0.1, 0.15) is 10.6 Å². The lowest BCUT2D eigenvalue weighted by atomic mass is 10.2. The lowest BCUT2D eigenvalue weighted by Crippen LogP contribution is -2.43. The highest BCUT2D eigenvalue weighted by atomic mass is 32.3. The van der Waals surface area contributed by atoms with Gasteiger partial charge in [0.25, 0.3) is 8.32 Å². The smallest absolute Gasteiger partial charge is 0.332 e. The van der Waals surface area contributed by atoms with Crippen LogP contribution in [0.4, 0.5) is 3.89 Å². The molecular formula is C13H21FO4SSi. The quantitative estimate of drug-likeness (QED) is 0.626. The largest absolute Gasteiger partial charge is 0.541 e. The van der Waals surface area contributed by atoms with E-state index in [1.807, 2.05) is 0 Å². The average Bonchev–Trinajstić information content (AvgIpc) is 2.26. The Balaban J connectivity index is 3.22. The molecule has 4 nitrogen and oxygen atoms in total. The summed E-state index contributed by atoms with van der Waals surface area (Å²) in [6.07, 6.45) is 0. The number of hydrogen-bond acceptors (Lipinski definition) is 4. The molecule has 0 aliphatic carbocycles. The van der Waals surface area contributed by atoms with Gasteiger partial charge < -0.3 is 9.16 Å². The molecular weight excluding hydrogens is 299 g/mol. The van der Waals surface area contributed by atoms with E-state index in [0.717, 1.165) is 6.07 Å². The summed E-state index contributed by atoms with van der Waals surface area (Å²) in [4.78, 5) is -0.433. The molecule has 0 saturated heterocycles. The van der Waals surface area contributed by atoms with Gasteiger partial charge in [-0.3, -0.25) is 0 Å². The van der Waals surface area contributed by atoms with Gasteiger partial charge in [-0.25, -0.2) is 0 Å². The second-order valence-electron chi connectivity index (χ2n) is 6.11. The molecule has 0 unspecified atom stereocenters. The van der Waals surface area contributed by atoms with Crippen LogP contribution in [-0.2, 0) is 10.2 Å². The number of hydrogen-bond donors (Lipinski definition) is 0. The minimum Gasteiger partial charge on any atom is -0.541 e. The molecule has 114 valence electrons. The van der Waals surface area contributed by atoms with Gasteiger partial charge in [0, 0.05) is 6.07 Å². The van der Waals surface area contributed by atoms with Crippen LogP contribution in [0.25, 0.3) is 0 Å². The molecule has 7 heteroatoms. The van der Waals surface area contributed by atoms with Gasteiger partial charge in [-0.2, -0.15) is 8.42 Å². The second-order valence-corrected chi connectivity index (χ2v) is 12.2. The Kier molecular flexibility index (Phi) is 4.55. The van der Waals surface area contributed by atoms with Crippen LogP contribution in [0.5, 0.6) is 11.5 Å². The molecule has 0 fully saturated rings. The van der Waals surface area contributed by atoms with Gasteiger partial charge in [-0.05, 0) is 30.3 Å². The van der Waals surface area contributed by atoms with E-state index < -0.39 is 23.4 Å². The summed E-state index contributed by atoms with van der Waals surface area (Å²) in [7, 11) is -5.44. The van der Waals surface area contributed by atoms with Crippen molar-refractivity contribution in [3.05, 3.63) is 18.2 Å². The summed E-state index contributed by atoms with van der Waals surface area (Å²) in [5.74, 6) is 0.653. The fraction of sp³-hybridized carbons (Fsp3) is 0.538. The van der Waals surface area contributed by atoms with Gasteiger partial charge in [0.05, 0.1) is 7.11 Å². The maximum atomic E-state index is 13.0. The molecule has 1 aromatic rings. The first kappa shape index (κ1) is 17.0. The minimum atomic E-state index is -4.75. The Labute approximate surface area is 121 Å². The van der Waals surface area contributed by atoms with E-state index in [-0.39, 0.29) is 10.8 Å². The lowest BCUT2D eigenvalue weighted by molar-refractivity contribution is 0.384. The minimum absolute atomic E-state index is 0.0111. The predicted octanol–water partition coefficient (Wildman–Crippen LogP) is 3.74. The van der Waals surface area contributed by atoms with E-state index in [0.29, 0.717) is 5.75 Å². The van der Waals surface area contributed by atoms with E-state index >= 15 is 0 Å². The van der Waals surface area contributed by atoms with Gasteiger partial charge in [-0.1, -0.05) is 20.8 Å². The zero-order chi connectivity index (χ0) is 15.8. The molecule has 1 rings (SSSR count). The Morgan fingerprint density at radius 1 is 1.15 bits per heavy atom. The first-order valence-corrected chi connectivity index (χ1v) is 10.5. The van der Waals surface area contributed by atoms with Crippen LogP contribution in [0.3, 0.4) is 0 Å². The maximum absolute atomic E-state index is 13.0. The molecule has 1 aromatic carbocycles. The number of benzene rings is 1. The molecule has 0 amide bonds. The molecule has 0 atom stereocenters. The van der Waals surface area contributed by atoms with E-state index in [4.69, 9.17) is 9.16 Å². The molecule has 0 bridgehead atoms. The van der Waals surface area contributed by atoms with Crippen molar-refractivity contribution in [3.8, 4) is 11.5 Å². The van der Waals surface area contributed by atoms with Gasteiger partial charge in [0.15, 0.2) is 5.75 Å². The van der Waals surface area contributed by atoms with Gasteiger partial charge in [0.2, 0.25) is 0 Å². The van der Waals surface area contributed by atoms with Crippen LogP contribution in [0.1, 0.15) is 20.8 Å². The van der Waals surface area contributed by atoms with Crippen LogP contribution in [0.15, 0.2) is 23.1 Å². The van der Waals surface area contributed by atoms with Crippen molar-refractivity contribution < 1.29 is 21.5 Å². The average molecular weight is 320 g/mol. The van der Waals surface area contributed by atoms with Crippen molar-refractivity contribution in [2.45, 2.75) is 43.8 Å². The summed E-state index contributed by atoms with van der Waals surface area (Å²) >= 11 is 0. The highest BCUT2D eigenvalue weighted by molar-refractivity contribution is 7.86. The third kappa shape index (κ3) is 3.73. The molecule has 0 radical (unpaired) electrons. The van der Waals surface area contributed by atoms with Crippen molar-refractivity contribution in [2.24, 2.45) is 0 Å². The molecule has 0 spiro atoms. The second kappa shape index (κ2) is 5.36. The van der Waals surface area contributed by atoms with Crippen molar-refractivity contribution in [3.63, 3.8) is 0 Å². The normalized spacial score (nSPS) is 13.2. The highest BCUT2D eigenvalue weighted by Gasteiger charge is 2.39. The van der Waals surface area contributed by atoms with Gasteiger partial charge >= 0.3 is 10.2 Å². The summed E-state index contributed by atoms with van der Waals surface area (Å²) in [6.45, 7) is 10.4. The third-order valence-corrected chi connectivity index (χ3v) is 8.75. The Bertz CT molecular complexity index is 591. The van der Waals surface area contributed by atoms with Crippen molar-refractivity contribution in [1.82, 2.24) is 0 Å². The van der Waals surface area contributed by atoms with Crippen LogP contribution in [0, 0.1) is 0 Å². The Morgan fingerprint density at radius 3 is 2.10 bits per heavy atom. The summed E-state index contributed by atoms with van der Waals surface area (Å²) < 4.78 is 45.9. The van der Waals surface area contributed by atoms with E-state index in [1.54, 1.807) is 0 Å². The molecule has 0 aliphatic rings. The third-order valence-electron chi connectivity index (χ3n) is 3.59. The van der Waals surface area contributed by atoms with E-state index in [1.165, 1.54) is 19.2 Å². The van der Waals surface area contributed by atoms with Gasteiger partial charge in [-0.15, -0.1) is 3.89 Å².